The van der Waals surface area contributed by atoms with E-state index in [2.05, 4.69) is 5.32 Å². The molecule has 2 aliphatic rings. The maximum absolute atomic E-state index is 14.3. The van der Waals surface area contributed by atoms with Gasteiger partial charge in [0.25, 0.3) is 11.8 Å². The number of carbonyl (C=O) groups excluding carboxylic acids is 2. The maximum atomic E-state index is 14.3. The van der Waals surface area contributed by atoms with E-state index in [1.807, 2.05) is 30.3 Å². The zero-order valence-electron chi connectivity index (χ0n) is 15.8. The molecule has 1 saturated heterocycles. The van der Waals surface area contributed by atoms with E-state index in [9.17, 15) is 14.0 Å². The highest BCUT2D eigenvalue weighted by molar-refractivity contribution is 5.95. The van der Waals surface area contributed by atoms with Crippen molar-refractivity contribution in [2.75, 3.05) is 26.7 Å². The van der Waals surface area contributed by atoms with Gasteiger partial charge in [-0.25, -0.2) is 4.39 Å². The molecule has 146 valence electrons. The minimum atomic E-state index is -0.576. The van der Waals surface area contributed by atoms with Crippen LogP contribution in [0.15, 0.2) is 42.5 Å². The SMILES string of the molecule is CNC(=O)c1cc(C2CC2)c(OCC2CN(C(=O)c3ccccc3)C2)cc1F. The molecule has 1 heterocycles. The van der Waals surface area contributed by atoms with Gasteiger partial charge >= 0.3 is 0 Å². The Balaban J connectivity index is 1.37. The summed E-state index contributed by atoms with van der Waals surface area (Å²) in [5.41, 5.74) is 1.64. The Morgan fingerprint density at radius 2 is 1.89 bits per heavy atom. The van der Waals surface area contributed by atoms with Crippen LogP contribution < -0.4 is 10.1 Å². The monoisotopic (exact) mass is 382 g/mol. The number of carbonyl (C=O) groups is 2. The summed E-state index contributed by atoms with van der Waals surface area (Å²) in [6.45, 7) is 1.69. The summed E-state index contributed by atoms with van der Waals surface area (Å²) in [7, 11) is 1.49. The van der Waals surface area contributed by atoms with Gasteiger partial charge in [-0.1, -0.05) is 18.2 Å². The number of benzene rings is 2. The van der Waals surface area contributed by atoms with Crippen molar-refractivity contribution in [3.63, 3.8) is 0 Å². The molecule has 0 unspecified atom stereocenters. The van der Waals surface area contributed by atoms with Crippen molar-refractivity contribution in [1.82, 2.24) is 10.2 Å². The van der Waals surface area contributed by atoms with E-state index in [0.717, 1.165) is 18.4 Å². The van der Waals surface area contributed by atoms with E-state index >= 15 is 0 Å². The third kappa shape index (κ3) is 3.72. The number of halogens is 1. The van der Waals surface area contributed by atoms with Crippen molar-refractivity contribution < 1.29 is 18.7 Å². The Morgan fingerprint density at radius 1 is 1.18 bits per heavy atom. The summed E-state index contributed by atoms with van der Waals surface area (Å²) in [4.78, 5) is 26.0. The molecule has 6 heteroatoms. The minimum absolute atomic E-state index is 0.0245. The number of hydrogen-bond acceptors (Lipinski definition) is 3. The summed E-state index contributed by atoms with van der Waals surface area (Å²) in [6.07, 6.45) is 2.05. The largest absolute Gasteiger partial charge is 0.493 e. The van der Waals surface area contributed by atoms with Crippen LogP contribution in [0, 0.1) is 11.7 Å². The number of likely N-dealkylation sites (tertiary alicyclic amines) is 1. The van der Waals surface area contributed by atoms with E-state index in [-0.39, 0.29) is 17.4 Å². The Labute approximate surface area is 163 Å². The average molecular weight is 382 g/mol. The number of hydrogen-bond donors (Lipinski definition) is 1. The van der Waals surface area contributed by atoms with Crippen LogP contribution in [0.5, 0.6) is 5.75 Å². The van der Waals surface area contributed by atoms with E-state index in [1.54, 1.807) is 11.0 Å². The number of amides is 2. The van der Waals surface area contributed by atoms with Crippen LogP contribution >= 0.6 is 0 Å². The molecule has 5 nitrogen and oxygen atoms in total. The molecule has 2 aromatic rings. The maximum Gasteiger partial charge on any atom is 0.254 e. The van der Waals surface area contributed by atoms with Crippen LogP contribution in [0.25, 0.3) is 0 Å². The quantitative estimate of drug-likeness (QED) is 0.835. The Morgan fingerprint density at radius 3 is 2.54 bits per heavy atom. The zero-order valence-corrected chi connectivity index (χ0v) is 15.8. The van der Waals surface area contributed by atoms with Gasteiger partial charge in [-0.3, -0.25) is 9.59 Å². The summed E-state index contributed by atoms with van der Waals surface area (Å²) in [5.74, 6) is 0.0863. The molecule has 0 atom stereocenters. The molecule has 1 saturated carbocycles. The van der Waals surface area contributed by atoms with Crippen molar-refractivity contribution in [3.05, 3.63) is 65.0 Å². The molecule has 1 aliphatic carbocycles. The van der Waals surface area contributed by atoms with E-state index in [4.69, 9.17) is 4.74 Å². The van der Waals surface area contributed by atoms with Crippen LogP contribution in [-0.2, 0) is 0 Å². The molecule has 2 amide bonds. The first-order valence-corrected chi connectivity index (χ1v) is 9.59. The first-order valence-electron chi connectivity index (χ1n) is 9.59. The Kier molecular flexibility index (Phi) is 5.03. The molecule has 0 spiro atoms. The molecule has 0 bridgehead atoms. The van der Waals surface area contributed by atoms with E-state index in [1.165, 1.54) is 13.1 Å². The van der Waals surface area contributed by atoms with Crippen LogP contribution in [0.4, 0.5) is 4.39 Å². The molecule has 2 aromatic carbocycles. The first kappa shape index (κ1) is 18.5. The van der Waals surface area contributed by atoms with Gasteiger partial charge in [0.15, 0.2) is 0 Å². The fourth-order valence-electron chi connectivity index (χ4n) is 3.53. The highest BCUT2D eigenvalue weighted by Crippen LogP contribution is 2.45. The average Bonchev–Trinajstić information content (AvgIpc) is 3.52. The van der Waals surface area contributed by atoms with E-state index < -0.39 is 11.7 Å². The third-order valence-corrected chi connectivity index (χ3v) is 5.33. The lowest BCUT2D eigenvalue weighted by atomic mass is 9.99. The van der Waals surface area contributed by atoms with Crippen molar-refractivity contribution in [3.8, 4) is 5.75 Å². The molecule has 1 aliphatic heterocycles. The summed E-state index contributed by atoms with van der Waals surface area (Å²) >= 11 is 0. The third-order valence-electron chi connectivity index (χ3n) is 5.33. The fourth-order valence-corrected chi connectivity index (χ4v) is 3.53. The molecule has 1 N–H and O–H groups in total. The van der Waals surface area contributed by atoms with Crippen molar-refractivity contribution in [2.24, 2.45) is 5.92 Å². The van der Waals surface area contributed by atoms with Crippen LogP contribution in [0.1, 0.15) is 45.0 Å². The standard InChI is InChI=1S/C22H23FN2O3/c1-24-21(26)18-9-17(15-7-8-15)20(10-19(18)23)28-13-14-11-25(12-14)22(27)16-5-3-2-4-6-16/h2-6,9-10,14-15H,7-8,11-13H2,1H3,(H,24,26). The molecular weight excluding hydrogens is 359 g/mol. The smallest absolute Gasteiger partial charge is 0.254 e. The fraction of sp³-hybridized carbons (Fsp3) is 0.364. The first-order chi connectivity index (χ1) is 13.6. The van der Waals surface area contributed by atoms with Crippen molar-refractivity contribution in [1.29, 1.82) is 0 Å². The van der Waals surface area contributed by atoms with Crippen LogP contribution in [-0.4, -0.2) is 43.5 Å². The molecule has 28 heavy (non-hydrogen) atoms. The van der Waals surface area contributed by atoms with E-state index in [0.29, 0.717) is 36.9 Å². The number of nitrogens with zero attached hydrogens (tertiary/aromatic N) is 1. The Bertz CT molecular complexity index is 890. The predicted octanol–water partition coefficient (Wildman–Crippen LogP) is 3.21. The van der Waals surface area contributed by atoms with Gasteiger partial charge in [-0.2, -0.15) is 0 Å². The number of ether oxygens (including phenoxy) is 1. The molecule has 2 fully saturated rings. The predicted molar refractivity (Wildman–Crippen MR) is 103 cm³/mol. The van der Waals surface area contributed by atoms with Crippen LogP contribution in [0.2, 0.25) is 0 Å². The second-order valence-corrected chi connectivity index (χ2v) is 7.48. The highest BCUT2D eigenvalue weighted by Gasteiger charge is 2.33. The molecular formula is C22H23FN2O3. The summed E-state index contributed by atoms with van der Waals surface area (Å²) in [5, 5.41) is 2.47. The van der Waals surface area contributed by atoms with Gasteiger partial charge in [0.2, 0.25) is 0 Å². The van der Waals surface area contributed by atoms with Gasteiger partial charge in [0.05, 0.1) is 12.2 Å². The molecule has 0 radical (unpaired) electrons. The minimum Gasteiger partial charge on any atom is -0.493 e. The van der Waals surface area contributed by atoms with Gasteiger partial charge in [0.1, 0.15) is 11.6 Å². The van der Waals surface area contributed by atoms with Gasteiger partial charge in [0, 0.05) is 37.7 Å². The van der Waals surface area contributed by atoms with Gasteiger partial charge in [-0.05, 0) is 42.5 Å². The lowest BCUT2D eigenvalue weighted by Crippen LogP contribution is -2.52. The second kappa shape index (κ2) is 7.62. The van der Waals surface area contributed by atoms with Crippen molar-refractivity contribution >= 4 is 11.8 Å². The number of nitrogens with one attached hydrogen (secondary N) is 1. The lowest BCUT2D eigenvalue weighted by Gasteiger charge is -2.39. The van der Waals surface area contributed by atoms with Gasteiger partial charge < -0.3 is 15.0 Å². The molecule has 4 rings (SSSR count). The lowest BCUT2D eigenvalue weighted by molar-refractivity contribution is 0.0392. The topological polar surface area (TPSA) is 58.6 Å². The highest BCUT2D eigenvalue weighted by atomic mass is 19.1. The van der Waals surface area contributed by atoms with Gasteiger partial charge in [-0.15, -0.1) is 0 Å². The summed E-state index contributed by atoms with van der Waals surface area (Å²) < 4.78 is 20.2. The second-order valence-electron chi connectivity index (χ2n) is 7.48. The van der Waals surface area contributed by atoms with Crippen LogP contribution in [0.3, 0.4) is 0 Å². The molecule has 0 aromatic heterocycles. The summed E-state index contributed by atoms with van der Waals surface area (Å²) in [6, 6.07) is 12.1. The zero-order chi connectivity index (χ0) is 19.7. The Hall–Kier alpha value is -2.89. The normalized spacial score (nSPS) is 16.4. The number of rotatable bonds is 6. The van der Waals surface area contributed by atoms with Crippen molar-refractivity contribution in [2.45, 2.75) is 18.8 Å².